The monoisotopic (exact) mass is 275 g/mol. The van der Waals surface area contributed by atoms with Crippen LogP contribution >= 0.6 is 0 Å². The summed E-state index contributed by atoms with van der Waals surface area (Å²) in [6, 6.07) is 1.73. The lowest BCUT2D eigenvalue weighted by atomic mass is 9.99. The van der Waals surface area contributed by atoms with Crippen LogP contribution in [0, 0.1) is 11.3 Å². The standard InChI is InChI=1S/C11H17NO7/c12-3-6(4-13)1-2-18-11-10(17)9(16)8(15)7(5-14)19-11/h1,7-11,13-17H,2,4-5H2/t7-,8-,9+,10-,11-/m1/s1. The van der Waals surface area contributed by atoms with Crippen molar-refractivity contribution in [2.75, 3.05) is 19.8 Å². The van der Waals surface area contributed by atoms with Crippen molar-refractivity contribution in [2.24, 2.45) is 0 Å². The van der Waals surface area contributed by atoms with Crippen LogP contribution in [0.3, 0.4) is 0 Å². The molecule has 0 amide bonds. The second-order valence-electron chi connectivity index (χ2n) is 4.03. The molecular formula is C11H17NO7. The number of rotatable bonds is 5. The van der Waals surface area contributed by atoms with Crippen LogP contribution in [0.15, 0.2) is 11.6 Å². The average molecular weight is 275 g/mol. The van der Waals surface area contributed by atoms with E-state index in [-0.39, 0.29) is 12.2 Å². The van der Waals surface area contributed by atoms with Gasteiger partial charge in [-0.05, 0) is 6.08 Å². The van der Waals surface area contributed by atoms with Gasteiger partial charge in [-0.15, -0.1) is 0 Å². The normalized spacial score (nSPS) is 36.0. The first-order chi connectivity index (χ1) is 9.04. The van der Waals surface area contributed by atoms with Gasteiger partial charge in [-0.1, -0.05) is 0 Å². The van der Waals surface area contributed by atoms with Crippen molar-refractivity contribution >= 4 is 0 Å². The molecule has 108 valence electrons. The van der Waals surface area contributed by atoms with Crippen LogP contribution in [-0.4, -0.2) is 76.1 Å². The molecule has 0 aliphatic carbocycles. The smallest absolute Gasteiger partial charge is 0.187 e. The Morgan fingerprint density at radius 3 is 2.42 bits per heavy atom. The molecule has 0 bridgehead atoms. The Kier molecular flexibility index (Phi) is 6.33. The Morgan fingerprint density at radius 2 is 1.89 bits per heavy atom. The summed E-state index contributed by atoms with van der Waals surface area (Å²) in [4.78, 5) is 0. The van der Waals surface area contributed by atoms with Crippen LogP contribution in [0.1, 0.15) is 0 Å². The fraction of sp³-hybridized carbons (Fsp3) is 0.727. The van der Waals surface area contributed by atoms with Gasteiger partial charge in [0.15, 0.2) is 6.29 Å². The Bertz CT molecular complexity index is 351. The first-order valence-electron chi connectivity index (χ1n) is 5.67. The average Bonchev–Trinajstić information content (AvgIpc) is 2.43. The molecule has 1 heterocycles. The lowest BCUT2D eigenvalue weighted by molar-refractivity contribution is -0.298. The van der Waals surface area contributed by atoms with Gasteiger partial charge in [-0.2, -0.15) is 5.26 Å². The van der Waals surface area contributed by atoms with Crippen molar-refractivity contribution in [1.82, 2.24) is 0 Å². The Hall–Kier alpha value is -1.05. The number of ether oxygens (including phenoxy) is 2. The van der Waals surface area contributed by atoms with Crippen molar-refractivity contribution in [1.29, 1.82) is 5.26 Å². The van der Waals surface area contributed by atoms with E-state index < -0.39 is 43.9 Å². The van der Waals surface area contributed by atoms with Crippen LogP contribution < -0.4 is 0 Å². The summed E-state index contributed by atoms with van der Waals surface area (Å²) < 4.78 is 10.2. The third-order valence-electron chi connectivity index (χ3n) is 2.75. The van der Waals surface area contributed by atoms with E-state index in [4.69, 9.17) is 24.9 Å². The third-order valence-corrected chi connectivity index (χ3v) is 2.75. The minimum atomic E-state index is -1.51. The van der Waals surface area contributed by atoms with Crippen LogP contribution in [0.25, 0.3) is 0 Å². The molecule has 0 spiro atoms. The minimum absolute atomic E-state index is 0.0876. The molecule has 0 unspecified atom stereocenters. The SMILES string of the molecule is N#CC(=CCO[C@@H]1O[C@H](CO)[C@@H](O)[C@H](O)[C@H]1O)CO. The quantitative estimate of drug-likeness (QED) is 0.340. The van der Waals surface area contributed by atoms with Crippen LogP contribution in [0.4, 0.5) is 0 Å². The van der Waals surface area contributed by atoms with Crippen LogP contribution in [-0.2, 0) is 9.47 Å². The topological polar surface area (TPSA) is 143 Å². The second kappa shape index (κ2) is 7.52. The van der Waals surface area contributed by atoms with Gasteiger partial charge in [0, 0.05) is 0 Å². The van der Waals surface area contributed by atoms with Gasteiger partial charge in [-0.25, -0.2) is 0 Å². The molecule has 0 aromatic rings. The summed E-state index contributed by atoms with van der Waals surface area (Å²) in [5, 5.41) is 54.9. The minimum Gasteiger partial charge on any atom is -0.394 e. The fourth-order valence-corrected chi connectivity index (χ4v) is 1.59. The van der Waals surface area contributed by atoms with Crippen molar-refractivity contribution in [3.8, 4) is 6.07 Å². The van der Waals surface area contributed by atoms with Gasteiger partial charge in [-0.3, -0.25) is 0 Å². The van der Waals surface area contributed by atoms with Gasteiger partial charge in [0.05, 0.1) is 31.5 Å². The molecule has 0 saturated carbocycles. The fourth-order valence-electron chi connectivity index (χ4n) is 1.59. The molecule has 19 heavy (non-hydrogen) atoms. The van der Waals surface area contributed by atoms with Gasteiger partial charge in [0.25, 0.3) is 0 Å². The maximum absolute atomic E-state index is 9.62. The zero-order chi connectivity index (χ0) is 14.4. The highest BCUT2D eigenvalue weighted by Gasteiger charge is 2.43. The van der Waals surface area contributed by atoms with E-state index >= 15 is 0 Å². The predicted molar refractivity (Wildman–Crippen MR) is 60.5 cm³/mol. The lowest BCUT2D eigenvalue weighted by Crippen LogP contribution is -2.59. The molecule has 0 aromatic heterocycles. The van der Waals surface area contributed by atoms with E-state index in [0.717, 1.165) is 0 Å². The summed E-state index contributed by atoms with van der Waals surface area (Å²) in [5.41, 5.74) is 0.0876. The van der Waals surface area contributed by atoms with E-state index in [1.54, 1.807) is 6.07 Å². The molecule has 8 nitrogen and oxygen atoms in total. The molecule has 1 rings (SSSR count). The molecule has 1 aliphatic rings. The second-order valence-corrected chi connectivity index (χ2v) is 4.03. The number of nitrogens with zero attached hydrogens (tertiary/aromatic N) is 1. The van der Waals surface area contributed by atoms with Crippen LogP contribution in [0.2, 0.25) is 0 Å². The maximum Gasteiger partial charge on any atom is 0.187 e. The van der Waals surface area contributed by atoms with Crippen molar-refractivity contribution in [2.45, 2.75) is 30.7 Å². The van der Waals surface area contributed by atoms with E-state index in [1.807, 2.05) is 0 Å². The largest absolute Gasteiger partial charge is 0.394 e. The summed E-state index contributed by atoms with van der Waals surface area (Å²) in [6.45, 7) is -1.11. The maximum atomic E-state index is 9.62. The molecule has 0 aromatic carbocycles. The van der Waals surface area contributed by atoms with E-state index in [9.17, 15) is 15.3 Å². The molecule has 8 heteroatoms. The lowest BCUT2D eigenvalue weighted by Gasteiger charge is -2.39. The number of aliphatic hydroxyl groups excluding tert-OH is 5. The molecule has 1 fully saturated rings. The molecular weight excluding hydrogens is 258 g/mol. The van der Waals surface area contributed by atoms with Crippen molar-refractivity contribution in [3.05, 3.63) is 11.6 Å². The molecule has 1 saturated heterocycles. The summed E-state index contributed by atoms with van der Waals surface area (Å²) >= 11 is 0. The molecule has 0 radical (unpaired) electrons. The molecule has 1 aliphatic heterocycles. The summed E-state index contributed by atoms with van der Waals surface area (Å²) in [7, 11) is 0. The number of hydrogen-bond acceptors (Lipinski definition) is 8. The van der Waals surface area contributed by atoms with Crippen LogP contribution in [0.5, 0.6) is 0 Å². The van der Waals surface area contributed by atoms with E-state index in [2.05, 4.69) is 0 Å². The van der Waals surface area contributed by atoms with Crippen molar-refractivity contribution in [3.63, 3.8) is 0 Å². The number of hydrogen-bond donors (Lipinski definition) is 5. The predicted octanol–water partition coefficient (Wildman–Crippen LogP) is -2.75. The van der Waals surface area contributed by atoms with Gasteiger partial charge in [0.2, 0.25) is 0 Å². The van der Waals surface area contributed by atoms with Crippen molar-refractivity contribution < 1.29 is 35.0 Å². The summed E-state index contributed by atoms with van der Waals surface area (Å²) in [6.07, 6.45) is -5.42. The van der Waals surface area contributed by atoms with Gasteiger partial charge in [0.1, 0.15) is 24.4 Å². The van der Waals surface area contributed by atoms with E-state index in [0.29, 0.717) is 0 Å². The highest BCUT2D eigenvalue weighted by atomic mass is 16.7. The zero-order valence-electron chi connectivity index (χ0n) is 10.1. The van der Waals surface area contributed by atoms with Gasteiger partial charge >= 0.3 is 0 Å². The summed E-state index contributed by atoms with van der Waals surface area (Å²) in [5.74, 6) is 0. The van der Waals surface area contributed by atoms with Gasteiger partial charge < -0.3 is 35.0 Å². The Morgan fingerprint density at radius 1 is 1.21 bits per heavy atom. The zero-order valence-corrected chi connectivity index (χ0v) is 10.1. The first kappa shape index (κ1) is 16.0. The Labute approximate surface area is 109 Å². The highest BCUT2D eigenvalue weighted by molar-refractivity contribution is 5.20. The number of aliphatic hydroxyl groups is 5. The first-order valence-corrected chi connectivity index (χ1v) is 5.67. The highest BCUT2D eigenvalue weighted by Crippen LogP contribution is 2.21. The Balaban J connectivity index is 2.58. The van der Waals surface area contributed by atoms with E-state index in [1.165, 1.54) is 6.08 Å². The number of nitriles is 1. The molecule has 5 atom stereocenters. The molecule has 5 N–H and O–H groups in total. The third kappa shape index (κ3) is 3.95.